The highest BCUT2D eigenvalue weighted by Gasteiger charge is 2.16. The van der Waals surface area contributed by atoms with Crippen molar-refractivity contribution in [2.75, 3.05) is 13.1 Å². The molecule has 1 aromatic carbocycles. The first kappa shape index (κ1) is 14.8. The molecule has 0 spiro atoms. The Balaban J connectivity index is 0.00000162. The van der Waals surface area contributed by atoms with Crippen LogP contribution >= 0.6 is 12.4 Å². The minimum Gasteiger partial charge on any atom is -0.446 e. The van der Waals surface area contributed by atoms with Gasteiger partial charge in [0.2, 0.25) is 0 Å². The fourth-order valence-corrected chi connectivity index (χ4v) is 1.88. The van der Waals surface area contributed by atoms with Crippen molar-refractivity contribution >= 4 is 18.5 Å². The first-order valence-corrected chi connectivity index (χ1v) is 6.04. The van der Waals surface area contributed by atoms with Crippen LogP contribution in [0.25, 0.3) is 0 Å². The maximum atomic E-state index is 11.5. The monoisotopic (exact) mass is 270 g/mol. The quantitative estimate of drug-likeness (QED) is 0.884. The van der Waals surface area contributed by atoms with Gasteiger partial charge >= 0.3 is 6.09 Å². The van der Waals surface area contributed by atoms with Crippen molar-refractivity contribution < 1.29 is 9.53 Å². The summed E-state index contributed by atoms with van der Waals surface area (Å²) in [6.45, 7) is 2.37. The van der Waals surface area contributed by atoms with E-state index in [9.17, 15) is 4.79 Å². The van der Waals surface area contributed by atoms with Crippen molar-refractivity contribution in [1.29, 1.82) is 0 Å². The van der Waals surface area contributed by atoms with Crippen LogP contribution in [0.1, 0.15) is 18.4 Å². The predicted octanol–water partition coefficient (Wildman–Crippen LogP) is 2.09. The molecule has 1 fully saturated rings. The Bertz CT molecular complexity index is 353. The van der Waals surface area contributed by atoms with Gasteiger partial charge in [0.15, 0.2) is 0 Å². The SMILES string of the molecule is Cl.O=C(NCc1ccccc1)OC1CCNCC1. The van der Waals surface area contributed by atoms with Crippen molar-refractivity contribution in [2.45, 2.75) is 25.5 Å². The molecular weight excluding hydrogens is 252 g/mol. The van der Waals surface area contributed by atoms with Gasteiger partial charge in [-0.25, -0.2) is 4.79 Å². The lowest BCUT2D eigenvalue weighted by atomic mass is 10.1. The highest BCUT2D eigenvalue weighted by molar-refractivity contribution is 5.85. The smallest absolute Gasteiger partial charge is 0.407 e. The van der Waals surface area contributed by atoms with Crippen molar-refractivity contribution in [3.63, 3.8) is 0 Å². The maximum Gasteiger partial charge on any atom is 0.407 e. The molecule has 4 nitrogen and oxygen atoms in total. The summed E-state index contributed by atoms with van der Waals surface area (Å²) in [5, 5.41) is 6.00. The van der Waals surface area contributed by atoms with Crippen LogP contribution in [-0.4, -0.2) is 25.3 Å². The zero-order valence-corrected chi connectivity index (χ0v) is 11.0. The molecule has 1 aliphatic rings. The summed E-state index contributed by atoms with van der Waals surface area (Å²) >= 11 is 0. The Hall–Kier alpha value is -1.26. The molecule has 18 heavy (non-hydrogen) atoms. The largest absolute Gasteiger partial charge is 0.446 e. The van der Waals surface area contributed by atoms with Crippen molar-refractivity contribution in [1.82, 2.24) is 10.6 Å². The standard InChI is InChI=1S/C13H18N2O2.ClH/c16-13(17-12-6-8-14-9-7-12)15-10-11-4-2-1-3-5-11;/h1-5,12,14H,6-10H2,(H,15,16);1H. The van der Waals surface area contributed by atoms with Crippen LogP contribution < -0.4 is 10.6 Å². The van der Waals surface area contributed by atoms with E-state index in [4.69, 9.17) is 4.74 Å². The predicted molar refractivity (Wildman–Crippen MR) is 72.9 cm³/mol. The Kier molecular flexibility index (Phi) is 6.54. The van der Waals surface area contributed by atoms with Gasteiger partial charge in [-0.3, -0.25) is 0 Å². The topological polar surface area (TPSA) is 50.4 Å². The van der Waals surface area contributed by atoms with Gasteiger partial charge in [-0.15, -0.1) is 12.4 Å². The van der Waals surface area contributed by atoms with E-state index in [1.807, 2.05) is 30.3 Å². The number of hydrogen-bond acceptors (Lipinski definition) is 3. The molecule has 1 aliphatic heterocycles. The number of carbonyl (C=O) groups excluding carboxylic acids is 1. The summed E-state index contributed by atoms with van der Waals surface area (Å²) in [6, 6.07) is 9.82. The first-order valence-electron chi connectivity index (χ1n) is 6.04. The van der Waals surface area contributed by atoms with Gasteiger partial charge in [-0.2, -0.15) is 0 Å². The molecule has 1 saturated heterocycles. The molecule has 0 bridgehead atoms. The number of halogens is 1. The van der Waals surface area contributed by atoms with E-state index in [1.165, 1.54) is 0 Å². The third-order valence-electron chi connectivity index (χ3n) is 2.84. The number of benzene rings is 1. The number of amides is 1. The van der Waals surface area contributed by atoms with Crippen LogP contribution in [0.4, 0.5) is 4.79 Å². The maximum absolute atomic E-state index is 11.5. The van der Waals surface area contributed by atoms with E-state index in [1.54, 1.807) is 0 Å². The molecule has 2 N–H and O–H groups in total. The van der Waals surface area contributed by atoms with Crippen molar-refractivity contribution in [2.24, 2.45) is 0 Å². The van der Waals surface area contributed by atoms with Crippen LogP contribution in [0.15, 0.2) is 30.3 Å². The summed E-state index contributed by atoms with van der Waals surface area (Å²) in [5.41, 5.74) is 1.08. The summed E-state index contributed by atoms with van der Waals surface area (Å²) in [5.74, 6) is 0. The molecule has 0 aliphatic carbocycles. The van der Waals surface area contributed by atoms with E-state index < -0.39 is 0 Å². The normalized spacial score (nSPS) is 15.6. The number of ether oxygens (including phenoxy) is 1. The molecule has 0 aromatic heterocycles. The minimum atomic E-state index is -0.319. The fourth-order valence-electron chi connectivity index (χ4n) is 1.88. The second-order valence-electron chi connectivity index (χ2n) is 4.19. The molecule has 0 unspecified atom stereocenters. The van der Waals surface area contributed by atoms with Crippen LogP contribution in [-0.2, 0) is 11.3 Å². The molecule has 2 rings (SSSR count). The zero-order chi connectivity index (χ0) is 11.9. The van der Waals surface area contributed by atoms with Crippen molar-refractivity contribution in [3.8, 4) is 0 Å². The molecule has 0 saturated carbocycles. The van der Waals surface area contributed by atoms with Crippen LogP contribution in [0, 0.1) is 0 Å². The molecule has 0 radical (unpaired) electrons. The van der Waals surface area contributed by atoms with E-state index >= 15 is 0 Å². The second-order valence-corrected chi connectivity index (χ2v) is 4.19. The number of nitrogens with one attached hydrogen (secondary N) is 2. The number of piperidine rings is 1. The lowest BCUT2D eigenvalue weighted by Gasteiger charge is -2.22. The van der Waals surface area contributed by atoms with E-state index in [0.717, 1.165) is 31.5 Å². The third-order valence-corrected chi connectivity index (χ3v) is 2.84. The van der Waals surface area contributed by atoms with E-state index in [2.05, 4.69) is 10.6 Å². The van der Waals surface area contributed by atoms with Gasteiger partial charge in [0.25, 0.3) is 0 Å². The Morgan fingerprint density at radius 3 is 2.61 bits per heavy atom. The number of rotatable bonds is 3. The van der Waals surface area contributed by atoms with Gasteiger partial charge < -0.3 is 15.4 Å². The average Bonchev–Trinajstić information content (AvgIpc) is 2.39. The Labute approximate surface area is 114 Å². The van der Waals surface area contributed by atoms with Crippen molar-refractivity contribution in [3.05, 3.63) is 35.9 Å². The Morgan fingerprint density at radius 1 is 1.28 bits per heavy atom. The van der Waals surface area contributed by atoms with Gasteiger partial charge in [0.05, 0.1) is 0 Å². The number of alkyl carbamates (subject to hydrolysis) is 1. The lowest BCUT2D eigenvalue weighted by molar-refractivity contribution is 0.0790. The van der Waals surface area contributed by atoms with Gasteiger partial charge in [0, 0.05) is 6.54 Å². The molecule has 100 valence electrons. The van der Waals surface area contributed by atoms with Gasteiger partial charge in [-0.05, 0) is 31.5 Å². The van der Waals surface area contributed by atoms with E-state index in [-0.39, 0.29) is 24.6 Å². The average molecular weight is 271 g/mol. The molecule has 1 heterocycles. The summed E-state index contributed by atoms with van der Waals surface area (Å²) in [6.07, 6.45) is 1.55. The van der Waals surface area contributed by atoms with Gasteiger partial charge in [0.1, 0.15) is 6.10 Å². The second kappa shape index (κ2) is 7.95. The summed E-state index contributed by atoms with van der Waals surface area (Å²) < 4.78 is 5.32. The first-order chi connectivity index (χ1) is 8.34. The lowest BCUT2D eigenvalue weighted by Crippen LogP contribution is -2.36. The molecule has 0 atom stereocenters. The van der Waals surface area contributed by atoms with Gasteiger partial charge in [-0.1, -0.05) is 30.3 Å². The molecular formula is C13H19ClN2O2. The summed E-state index contributed by atoms with van der Waals surface area (Å²) in [4.78, 5) is 11.5. The third kappa shape index (κ3) is 4.94. The zero-order valence-electron chi connectivity index (χ0n) is 10.2. The number of carbonyl (C=O) groups is 1. The molecule has 1 aromatic rings. The number of hydrogen-bond donors (Lipinski definition) is 2. The van der Waals surface area contributed by atoms with E-state index in [0.29, 0.717) is 6.54 Å². The summed E-state index contributed by atoms with van der Waals surface area (Å²) in [7, 11) is 0. The highest BCUT2D eigenvalue weighted by atomic mass is 35.5. The van der Waals surface area contributed by atoms with Crippen LogP contribution in [0.3, 0.4) is 0 Å². The highest BCUT2D eigenvalue weighted by Crippen LogP contribution is 2.07. The minimum absolute atomic E-state index is 0. The Morgan fingerprint density at radius 2 is 1.94 bits per heavy atom. The fraction of sp³-hybridized carbons (Fsp3) is 0.462. The van der Waals surface area contributed by atoms with Crippen LogP contribution in [0.2, 0.25) is 0 Å². The molecule has 5 heteroatoms. The molecule has 1 amide bonds. The van der Waals surface area contributed by atoms with Crippen LogP contribution in [0.5, 0.6) is 0 Å².